The number of rotatable bonds is 4. The Morgan fingerprint density at radius 2 is 1.86 bits per heavy atom. The number of hydrogen-bond acceptors (Lipinski definition) is 5. The number of aromatic nitrogens is 2. The Kier molecular flexibility index (Phi) is 6.66. The van der Waals surface area contributed by atoms with Gasteiger partial charge in [0.25, 0.3) is 11.8 Å². The van der Waals surface area contributed by atoms with Crippen molar-refractivity contribution >= 4 is 29.9 Å². The van der Waals surface area contributed by atoms with Gasteiger partial charge in [0.2, 0.25) is 0 Å². The summed E-state index contributed by atoms with van der Waals surface area (Å²) in [5, 5.41) is 16.2. The minimum atomic E-state index is -0.254. The normalized spacial score (nSPS) is 16.6. The average molecular weight is 406 g/mol. The molecule has 1 fully saturated rings. The Morgan fingerprint density at radius 3 is 2.61 bits per heavy atom. The summed E-state index contributed by atoms with van der Waals surface area (Å²) in [4.78, 5) is 24.8. The van der Waals surface area contributed by atoms with Crippen LogP contribution in [-0.4, -0.2) is 47.8 Å². The van der Waals surface area contributed by atoms with E-state index in [1.165, 1.54) is 0 Å². The number of nitrogens with one attached hydrogen (secondary N) is 4. The zero-order valence-electron chi connectivity index (χ0n) is 15.4. The minimum absolute atomic E-state index is 0. The number of ether oxygens (including phenoxy) is 1. The third-order valence-electron chi connectivity index (χ3n) is 4.98. The highest BCUT2D eigenvalue weighted by molar-refractivity contribution is 6.04. The first-order valence-electron chi connectivity index (χ1n) is 9.27. The van der Waals surface area contributed by atoms with Crippen LogP contribution in [0.5, 0.6) is 0 Å². The van der Waals surface area contributed by atoms with Crippen molar-refractivity contribution in [3.63, 3.8) is 0 Å². The van der Waals surface area contributed by atoms with E-state index >= 15 is 0 Å². The van der Waals surface area contributed by atoms with Gasteiger partial charge in [-0.2, -0.15) is 5.10 Å². The molecule has 0 atom stereocenters. The maximum Gasteiger partial charge on any atom is 0.276 e. The highest BCUT2D eigenvalue weighted by Crippen LogP contribution is 2.18. The standard InChI is InChI=1S/C19H23N5O3.ClH/c25-18(21-14-6-9-27-10-7-14)12-1-3-13(4-2-12)22-19(26)17-15-11-20-8-5-16(15)23-24-17;/h1-4,14,20H,5-11H2,(H,21,25)(H,22,26)(H,23,24);1H. The molecule has 0 spiro atoms. The van der Waals surface area contributed by atoms with Crippen molar-refractivity contribution in [2.45, 2.75) is 31.8 Å². The maximum absolute atomic E-state index is 12.5. The SMILES string of the molecule is Cl.O=C(NC1CCOCC1)c1ccc(NC(=O)c2n[nH]c3c2CNCC3)cc1. The summed E-state index contributed by atoms with van der Waals surface area (Å²) in [6.07, 6.45) is 2.51. The molecule has 9 heteroatoms. The highest BCUT2D eigenvalue weighted by atomic mass is 35.5. The lowest BCUT2D eigenvalue weighted by atomic mass is 10.1. The number of anilines is 1. The van der Waals surface area contributed by atoms with Crippen LogP contribution in [0.15, 0.2) is 24.3 Å². The van der Waals surface area contributed by atoms with Gasteiger partial charge < -0.3 is 20.7 Å². The molecule has 150 valence electrons. The summed E-state index contributed by atoms with van der Waals surface area (Å²) in [7, 11) is 0. The minimum Gasteiger partial charge on any atom is -0.381 e. The van der Waals surface area contributed by atoms with Crippen LogP contribution in [-0.2, 0) is 17.7 Å². The van der Waals surface area contributed by atoms with E-state index in [0.717, 1.165) is 37.1 Å². The van der Waals surface area contributed by atoms with Gasteiger partial charge in [0, 0.05) is 61.3 Å². The van der Waals surface area contributed by atoms with Crippen LogP contribution in [0.2, 0.25) is 0 Å². The van der Waals surface area contributed by atoms with Gasteiger partial charge in [0.05, 0.1) is 0 Å². The highest BCUT2D eigenvalue weighted by Gasteiger charge is 2.22. The molecule has 0 bridgehead atoms. The Balaban J connectivity index is 0.00000225. The number of halogens is 1. The number of amides is 2. The number of benzene rings is 1. The molecule has 2 aliphatic heterocycles. The van der Waals surface area contributed by atoms with Gasteiger partial charge in [-0.1, -0.05) is 0 Å². The topological polar surface area (TPSA) is 108 Å². The van der Waals surface area contributed by atoms with E-state index in [0.29, 0.717) is 36.7 Å². The molecule has 0 unspecified atom stereocenters. The fourth-order valence-electron chi connectivity index (χ4n) is 3.42. The molecule has 0 radical (unpaired) electrons. The molecular formula is C19H24ClN5O3. The van der Waals surface area contributed by atoms with Crippen molar-refractivity contribution in [1.82, 2.24) is 20.8 Å². The maximum atomic E-state index is 12.5. The monoisotopic (exact) mass is 405 g/mol. The molecule has 2 aromatic rings. The molecule has 3 heterocycles. The number of carbonyl (C=O) groups is 2. The molecule has 28 heavy (non-hydrogen) atoms. The third-order valence-corrected chi connectivity index (χ3v) is 4.98. The van der Waals surface area contributed by atoms with Crippen LogP contribution < -0.4 is 16.0 Å². The fourth-order valence-corrected chi connectivity index (χ4v) is 3.42. The fraction of sp³-hybridized carbons (Fsp3) is 0.421. The lowest BCUT2D eigenvalue weighted by Gasteiger charge is -2.23. The lowest BCUT2D eigenvalue weighted by Crippen LogP contribution is -2.38. The second-order valence-electron chi connectivity index (χ2n) is 6.85. The predicted molar refractivity (Wildman–Crippen MR) is 107 cm³/mol. The van der Waals surface area contributed by atoms with Crippen LogP contribution in [0.4, 0.5) is 5.69 Å². The smallest absolute Gasteiger partial charge is 0.276 e. The molecule has 0 saturated carbocycles. The summed E-state index contributed by atoms with van der Waals surface area (Å²) in [6, 6.07) is 7.05. The van der Waals surface area contributed by atoms with Gasteiger partial charge in [-0.15, -0.1) is 12.4 Å². The van der Waals surface area contributed by atoms with Gasteiger partial charge in [-0.25, -0.2) is 0 Å². The van der Waals surface area contributed by atoms with Crippen LogP contribution in [0.1, 0.15) is 44.9 Å². The number of hydrogen-bond donors (Lipinski definition) is 4. The Hall–Kier alpha value is -2.42. The first-order valence-corrected chi connectivity index (χ1v) is 9.27. The summed E-state index contributed by atoms with van der Waals surface area (Å²) in [5.41, 5.74) is 3.55. The van der Waals surface area contributed by atoms with E-state index in [1.54, 1.807) is 24.3 Å². The number of nitrogens with zero attached hydrogens (tertiary/aromatic N) is 1. The van der Waals surface area contributed by atoms with Gasteiger partial charge >= 0.3 is 0 Å². The molecule has 0 aliphatic carbocycles. The lowest BCUT2D eigenvalue weighted by molar-refractivity contribution is 0.0696. The molecule has 4 rings (SSSR count). The largest absolute Gasteiger partial charge is 0.381 e. The number of aromatic amines is 1. The molecule has 1 aromatic heterocycles. The Labute approximate surface area is 169 Å². The summed E-state index contributed by atoms with van der Waals surface area (Å²) in [5.74, 6) is -0.358. The summed E-state index contributed by atoms with van der Waals surface area (Å²) in [6.45, 7) is 2.89. The van der Waals surface area contributed by atoms with Crippen molar-refractivity contribution in [2.75, 3.05) is 25.1 Å². The van der Waals surface area contributed by atoms with Gasteiger partial charge in [0.1, 0.15) is 0 Å². The van der Waals surface area contributed by atoms with E-state index in [2.05, 4.69) is 26.1 Å². The van der Waals surface area contributed by atoms with Gasteiger partial charge in [0.15, 0.2) is 5.69 Å². The zero-order chi connectivity index (χ0) is 18.6. The van der Waals surface area contributed by atoms with E-state index < -0.39 is 0 Å². The predicted octanol–water partition coefficient (Wildman–Crippen LogP) is 1.64. The van der Waals surface area contributed by atoms with E-state index in [-0.39, 0.29) is 30.3 Å². The molecule has 2 amide bonds. The number of carbonyl (C=O) groups excluding carboxylic acids is 2. The first-order chi connectivity index (χ1) is 13.2. The second-order valence-corrected chi connectivity index (χ2v) is 6.85. The molecule has 2 aliphatic rings. The molecule has 4 N–H and O–H groups in total. The van der Waals surface area contributed by atoms with E-state index in [1.807, 2.05) is 0 Å². The molecule has 1 aromatic carbocycles. The van der Waals surface area contributed by atoms with Crippen molar-refractivity contribution in [3.8, 4) is 0 Å². The van der Waals surface area contributed by atoms with Crippen molar-refractivity contribution in [2.24, 2.45) is 0 Å². The summed E-state index contributed by atoms with van der Waals surface area (Å²) >= 11 is 0. The second kappa shape index (κ2) is 9.18. The molecule has 1 saturated heterocycles. The zero-order valence-corrected chi connectivity index (χ0v) is 16.2. The number of H-pyrrole nitrogens is 1. The van der Waals surface area contributed by atoms with E-state index in [9.17, 15) is 9.59 Å². The van der Waals surface area contributed by atoms with Crippen molar-refractivity contribution in [3.05, 3.63) is 46.8 Å². The van der Waals surface area contributed by atoms with Crippen LogP contribution in [0.25, 0.3) is 0 Å². The molecular weight excluding hydrogens is 382 g/mol. The Morgan fingerprint density at radius 1 is 1.11 bits per heavy atom. The number of fused-ring (bicyclic) bond motifs is 1. The van der Waals surface area contributed by atoms with Crippen molar-refractivity contribution < 1.29 is 14.3 Å². The van der Waals surface area contributed by atoms with Crippen LogP contribution >= 0.6 is 12.4 Å². The van der Waals surface area contributed by atoms with Crippen molar-refractivity contribution in [1.29, 1.82) is 0 Å². The van der Waals surface area contributed by atoms with Gasteiger partial charge in [-0.05, 0) is 37.1 Å². The van der Waals surface area contributed by atoms with Gasteiger partial charge in [-0.3, -0.25) is 14.7 Å². The van der Waals surface area contributed by atoms with Crippen LogP contribution in [0.3, 0.4) is 0 Å². The van der Waals surface area contributed by atoms with E-state index in [4.69, 9.17) is 4.74 Å². The summed E-state index contributed by atoms with van der Waals surface area (Å²) < 4.78 is 5.30. The molecule has 8 nitrogen and oxygen atoms in total. The Bertz CT molecular complexity index is 831. The average Bonchev–Trinajstić information content (AvgIpc) is 3.13. The third kappa shape index (κ3) is 4.52. The quantitative estimate of drug-likeness (QED) is 0.618. The first kappa shape index (κ1) is 20.3. The van der Waals surface area contributed by atoms with Crippen LogP contribution in [0, 0.1) is 0 Å².